The first-order valence-corrected chi connectivity index (χ1v) is 8.80. The Hall–Kier alpha value is -1.13. The SMILES string of the molecule is CCC1N=CSCc2cc(C)c(C)cc2-c2scnc21. The van der Waals surface area contributed by atoms with Crippen LogP contribution < -0.4 is 0 Å². The van der Waals surface area contributed by atoms with E-state index in [2.05, 4.69) is 42.9 Å². The number of benzene rings is 1. The van der Waals surface area contributed by atoms with Crippen molar-refractivity contribution in [2.45, 2.75) is 39.0 Å². The Morgan fingerprint density at radius 2 is 2.05 bits per heavy atom. The molecule has 0 aliphatic carbocycles. The Labute approximate surface area is 128 Å². The van der Waals surface area contributed by atoms with Crippen LogP contribution in [0.25, 0.3) is 10.4 Å². The molecule has 0 spiro atoms. The number of hydrogen-bond acceptors (Lipinski definition) is 4. The zero-order chi connectivity index (χ0) is 14.1. The topological polar surface area (TPSA) is 25.2 Å². The van der Waals surface area contributed by atoms with E-state index in [0.717, 1.165) is 17.9 Å². The number of aryl methyl sites for hydroxylation is 2. The number of nitrogens with zero attached hydrogens (tertiary/aromatic N) is 2. The predicted octanol–water partition coefficient (Wildman–Crippen LogP) is 5.15. The third-order valence-corrected chi connectivity index (χ3v) is 5.44. The zero-order valence-corrected chi connectivity index (χ0v) is 13.6. The van der Waals surface area contributed by atoms with Crippen molar-refractivity contribution < 1.29 is 0 Å². The lowest BCUT2D eigenvalue weighted by Crippen LogP contribution is -1.97. The summed E-state index contributed by atoms with van der Waals surface area (Å²) < 4.78 is 0. The standard InChI is InChI=1S/C16H18N2S2/c1-4-14-15-16(20-9-18-15)13-6-11(3)10(2)5-12(13)7-19-8-17-14/h5-6,8-9,14H,4,7H2,1-3H3. The summed E-state index contributed by atoms with van der Waals surface area (Å²) in [5.41, 5.74) is 10.5. The molecule has 0 saturated carbocycles. The van der Waals surface area contributed by atoms with E-state index in [1.54, 1.807) is 23.1 Å². The van der Waals surface area contributed by atoms with Gasteiger partial charge in [-0.05, 0) is 48.6 Å². The molecule has 1 aromatic carbocycles. The van der Waals surface area contributed by atoms with Crippen molar-refractivity contribution in [2.75, 3.05) is 0 Å². The van der Waals surface area contributed by atoms with Gasteiger partial charge in [0.1, 0.15) is 0 Å². The lowest BCUT2D eigenvalue weighted by molar-refractivity contribution is 0.689. The minimum absolute atomic E-state index is 0.191. The molecule has 1 aliphatic rings. The van der Waals surface area contributed by atoms with Crippen molar-refractivity contribution in [3.8, 4) is 10.4 Å². The number of fused-ring (bicyclic) bond motifs is 3. The molecule has 0 bridgehead atoms. The van der Waals surface area contributed by atoms with Crippen LogP contribution in [-0.4, -0.2) is 10.5 Å². The van der Waals surface area contributed by atoms with Gasteiger partial charge in [0.15, 0.2) is 0 Å². The lowest BCUT2D eigenvalue weighted by atomic mass is 9.97. The fourth-order valence-corrected chi connectivity index (χ4v) is 4.14. The third kappa shape index (κ3) is 2.42. The van der Waals surface area contributed by atoms with Gasteiger partial charge >= 0.3 is 0 Å². The van der Waals surface area contributed by atoms with E-state index in [9.17, 15) is 0 Å². The summed E-state index contributed by atoms with van der Waals surface area (Å²) in [6.07, 6.45) is 0.994. The highest BCUT2D eigenvalue weighted by Crippen LogP contribution is 2.39. The highest BCUT2D eigenvalue weighted by atomic mass is 32.2. The highest BCUT2D eigenvalue weighted by molar-refractivity contribution is 8.11. The second kappa shape index (κ2) is 5.70. The van der Waals surface area contributed by atoms with Crippen LogP contribution >= 0.6 is 23.1 Å². The first-order valence-electron chi connectivity index (χ1n) is 6.87. The molecule has 2 aromatic rings. The number of thiazole rings is 1. The van der Waals surface area contributed by atoms with Gasteiger partial charge in [-0.1, -0.05) is 13.0 Å². The van der Waals surface area contributed by atoms with E-state index in [1.165, 1.54) is 27.1 Å². The summed E-state index contributed by atoms with van der Waals surface area (Å²) in [5, 5.41) is 0. The first-order chi connectivity index (χ1) is 9.70. The molecule has 1 unspecified atom stereocenters. The molecule has 1 aromatic heterocycles. The summed E-state index contributed by atoms with van der Waals surface area (Å²) in [5.74, 6) is 0.980. The summed E-state index contributed by atoms with van der Waals surface area (Å²) in [6.45, 7) is 6.54. The Morgan fingerprint density at radius 3 is 2.85 bits per heavy atom. The van der Waals surface area contributed by atoms with Crippen LogP contribution in [0.4, 0.5) is 0 Å². The van der Waals surface area contributed by atoms with E-state index >= 15 is 0 Å². The second-order valence-corrected chi connectivity index (χ2v) is 6.84. The van der Waals surface area contributed by atoms with Crippen molar-refractivity contribution in [3.63, 3.8) is 0 Å². The number of rotatable bonds is 1. The quantitative estimate of drug-likeness (QED) is 0.727. The smallest absolute Gasteiger partial charge is 0.0938 e. The molecule has 104 valence electrons. The Bertz CT molecular complexity index is 658. The largest absolute Gasteiger partial charge is 0.277 e. The number of thioether (sulfide) groups is 1. The third-order valence-electron chi connectivity index (χ3n) is 3.82. The maximum Gasteiger partial charge on any atom is 0.0938 e. The summed E-state index contributed by atoms with van der Waals surface area (Å²) in [6, 6.07) is 4.83. The van der Waals surface area contributed by atoms with Gasteiger partial charge in [-0.25, -0.2) is 4.98 Å². The van der Waals surface area contributed by atoms with Crippen LogP contribution in [0.15, 0.2) is 22.6 Å². The van der Waals surface area contributed by atoms with E-state index in [4.69, 9.17) is 0 Å². The first kappa shape index (κ1) is 13.8. The van der Waals surface area contributed by atoms with E-state index in [1.807, 2.05) is 11.1 Å². The minimum Gasteiger partial charge on any atom is -0.277 e. The molecule has 0 N–H and O–H groups in total. The Kier molecular flexibility index (Phi) is 3.94. The van der Waals surface area contributed by atoms with Crippen molar-refractivity contribution in [1.82, 2.24) is 4.98 Å². The molecular weight excluding hydrogens is 284 g/mol. The van der Waals surface area contributed by atoms with Crippen molar-refractivity contribution >= 4 is 28.6 Å². The van der Waals surface area contributed by atoms with Crippen molar-refractivity contribution in [2.24, 2.45) is 4.99 Å². The Balaban J connectivity index is 2.23. The van der Waals surface area contributed by atoms with E-state index < -0.39 is 0 Å². The zero-order valence-electron chi connectivity index (χ0n) is 12.0. The molecule has 2 heterocycles. The van der Waals surface area contributed by atoms with E-state index in [0.29, 0.717) is 0 Å². The molecule has 1 atom stereocenters. The van der Waals surface area contributed by atoms with Crippen molar-refractivity contribution in [3.05, 3.63) is 40.0 Å². The fourth-order valence-electron chi connectivity index (χ4n) is 2.51. The van der Waals surface area contributed by atoms with Crippen LogP contribution in [0.1, 0.15) is 41.8 Å². The number of aliphatic imine (C=N–C) groups is 1. The highest BCUT2D eigenvalue weighted by Gasteiger charge is 2.20. The van der Waals surface area contributed by atoms with Crippen LogP contribution in [0.5, 0.6) is 0 Å². The van der Waals surface area contributed by atoms with Gasteiger partial charge in [-0.3, -0.25) is 4.99 Å². The second-order valence-electron chi connectivity index (χ2n) is 5.15. The molecule has 0 saturated heterocycles. The van der Waals surface area contributed by atoms with Crippen LogP contribution in [0, 0.1) is 13.8 Å². The van der Waals surface area contributed by atoms with Gasteiger partial charge in [0.2, 0.25) is 0 Å². The van der Waals surface area contributed by atoms with Crippen LogP contribution in [0.2, 0.25) is 0 Å². The summed E-state index contributed by atoms with van der Waals surface area (Å²) >= 11 is 3.52. The van der Waals surface area contributed by atoms with E-state index in [-0.39, 0.29) is 6.04 Å². The maximum atomic E-state index is 4.69. The monoisotopic (exact) mass is 302 g/mol. The average Bonchev–Trinajstić information content (AvgIpc) is 2.91. The molecule has 0 radical (unpaired) electrons. The van der Waals surface area contributed by atoms with Gasteiger partial charge in [0.25, 0.3) is 0 Å². The van der Waals surface area contributed by atoms with Crippen molar-refractivity contribution in [1.29, 1.82) is 0 Å². The Morgan fingerprint density at radius 1 is 1.25 bits per heavy atom. The molecule has 0 amide bonds. The maximum absolute atomic E-state index is 4.69. The average molecular weight is 302 g/mol. The molecule has 3 rings (SSSR count). The van der Waals surface area contributed by atoms with Crippen LogP contribution in [0.3, 0.4) is 0 Å². The summed E-state index contributed by atoms with van der Waals surface area (Å²) in [7, 11) is 0. The molecule has 4 heteroatoms. The van der Waals surface area contributed by atoms with Gasteiger partial charge < -0.3 is 0 Å². The predicted molar refractivity (Wildman–Crippen MR) is 89.8 cm³/mol. The van der Waals surface area contributed by atoms with Gasteiger partial charge in [0, 0.05) is 5.75 Å². The fraction of sp³-hybridized carbons (Fsp3) is 0.375. The molecule has 1 aliphatic heterocycles. The molecule has 0 fully saturated rings. The molecular formula is C16H18N2S2. The normalized spacial score (nSPS) is 17.9. The molecule has 2 nitrogen and oxygen atoms in total. The molecule has 20 heavy (non-hydrogen) atoms. The van der Waals surface area contributed by atoms with Gasteiger partial charge in [0.05, 0.1) is 27.7 Å². The lowest BCUT2D eigenvalue weighted by Gasteiger charge is -2.13. The van der Waals surface area contributed by atoms with Gasteiger partial charge in [-0.2, -0.15) is 0 Å². The number of hydrogen-bond donors (Lipinski definition) is 0. The van der Waals surface area contributed by atoms with Crippen LogP contribution in [-0.2, 0) is 5.75 Å². The minimum atomic E-state index is 0.191. The summed E-state index contributed by atoms with van der Waals surface area (Å²) in [4.78, 5) is 10.6. The van der Waals surface area contributed by atoms with Gasteiger partial charge in [-0.15, -0.1) is 23.1 Å². The number of aromatic nitrogens is 1.